The molecule has 2 heteroatoms. The van der Waals surface area contributed by atoms with E-state index in [0.717, 1.165) is 31.6 Å². The molecule has 0 saturated heterocycles. The van der Waals surface area contributed by atoms with Crippen molar-refractivity contribution in [3.63, 3.8) is 0 Å². The van der Waals surface area contributed by atoms with Gasteiger partial charge in [0, 0.05) is 0 Å². The number of carbonyl (C=O) groups is 1. The van der Waals surface area contributed by atoms with Gasteiger partial charge in [0.2, 0.25) is 0 Å². The molecule has 0 aromatic heterocycles. The van der Waals surface area contributed by atoms with Crippen LogP contribution in [0.25, 0.3) is 0 Å². The highest BCUT2D eigenvalue weighted by Crippen LogP contribution is 2.64. The first-order valence-corrected chi connectivity index (χ1v) is 18.3. The lowest BCUT2D eigenvalue weighted by molar-refractivity contribution is -0.171. The minimum Gasteiger partial charge on any atom is -0.481 e. The molecule has 1 N–H and O–H groups in total. The Bertz CT molecular complexity index is 646. The second-order valence-corrected chi connectivity index (χ2v) is 14.7. The maximum absolute atomic E-state index is 13.2. The van der Waals surface area contributed by atoms with Crippen molar-refractivity contribution in [2.45, 2.75) is 206 Å². The van der Waals surface area contributed by atoms with Gasteiger partial charge in [-0.2, -0.15) is 0 Å². The van der Waals surface area contributed by atoms with Crippen LogP contribution in [0.5, 0.6) is 0 Å². The summed E-state index contributed by atoms with van der Waals surface area (Å²) in [5.41, 5.74) is 0.134. The first kappa shape index (κ1) is 33.0. The summed E-state index contributed by atoms with van der Waals surface area (Å²) in [5.74, 6) is 0.483. The van der Waals surface area contributed by atoms with Crippen LogP contribution in [0.3, 0.4) is 0 Å². The van der Waals surface area contributed by atoms with E-state index in [1.165, 1.54) is 167 Å². The zero-order chi connectivity index (χ0) is 27.9. The van der Waals surface area contributed by atoms with Crippen molar-refractivity contribution in [2.24, 2.45) is 22.2 Å². The Morgan fingerprint density at radius 1 is 0.564 bits per heavy atom. The topological polar surface area (TPSA) is 37.3 Å². The van der Waals surface area contributed by atoms with E-state index >= 15 is 0 Å². The van der Waals surface area contributed by atoms with Gasteiger partial charge in [-0.3, -0.25) is 4.79 Å². The van der Waals surface area contributed by atoms with Gasteiger partial charge in [0.15, 0.2) is 0 Å². The summed E-state index contributed by atoms with van der Waals surface area (Å²) in [6.07, 6.45) is 39.5. The van der Waals surface area contributed by atoms with Gasteiger partial charge in [0.05, 0.1) is 5.41 Å². The molecule has 0 bridgehead atoms. The van der Waals surface area contributed by atoms with Crippen LogP contribution in [0.15, 0.2) is 0 Å². The van der Waals surface area contributed by atoms with E-state index in [1.807, 2.05) is 0 Å². The van der Waals surface area contributed by atoms with Crippen molar-refractivity contribution in [1.82, 2.24) is 0 Å². The van der Waals surface area contributed by atoms with Crippen molar-refractivity contribution >= 4 is 5.97 Å². The third kappa shape index (κ3) is 8.98. The van der Waals surface area contributed by atoms with Crippen LogP contribution >= 0.6 is 0 Å². The quantitative estimate of drug-likeness (QED) is 0.164. The lowest BCUT2D eigenvalue weighted by atomic mass is 9.46. The summed E-state index contributed by atoms with van der Waals surface area (Å²) < 4.78 is 0. The van der Waals surface area contributed by atoms with Crippen LogP contribution in [-0.4, -0.2) is 11.1 Å². The van der Waals surface area contributed by atoms with Crippen LogP contribution in [0, 0.1) is 22.2 Å². The van der Waals surface area contributed by atoms with Crippen molar-refractivity contribution < 1.29 is 9.90 Å². The molecular weight excluding hydrogens is 476 g/mol. The van der Waals surface area contributed by atoms with E-state index in [9.17, 15) is 9.90 Å². The number of carboxylic acids is 1. The second kappa shape index (κ2) is 17.4. The molecule has 2 nitrogen and oxygen atoms in total. The molecule has 3 fully saturated rings. The van der Waals surface area contributed by atoms with E-state index in [-0.39, 0.29) is 5.41 Å². The summed E-state index contributed by atoms with van der Waals surface area (Å²) in [5, 5.41) is 10.8. The molecule has 0 aromatic carbocycles. The fourth-order valence-electron chi connectivity index (χ4n) is 9.75. The Kier molecular flexibility index (Phi) is 14.7. The van der Waals surface area contributed by atoms with Crippen molar-refractivity contribution in [3.05, 3.63) is 0 Å². The summed E-state index contributed by atoms with van der Waals surface area (Å²) in [7, 11) is 0. The number of carboxylic acid groups (broad SMARTS) is 1. The van der Waals surface area contributed by atoms with Gasteiger partial charge in [0.1, 0.15) is 0 Å². The van der Waals surface area contributed by atoms with Crippen LogP contribution in [-0.2, 0) is 4.79 Å². The Hall–Kier alpha value is -0.530. The number of aliphatic carboxylic acids is 1. The molecule has 0 atom stereocenters. The largest absolute Gasteiger partial charge is 0.481 e. The highest BCUT2D eigenvalue weighted by molar-refractivity contribution is 5.76. The molecule has 0 amide bonds. The minimum atomic E-state index is -0.439. The Balaban J connectivity index is 1.68. The highest BCUT2D eigenvalue weighted by Gasteiger charge is 2.59. The van der Waals surface area contributed by atoms with E-state index in [0.29, 0.717) is 5.41 Å². The average molecular weight is 545 g/mol. The number of hydrogen-bond donors (Lipinski definition) is 1. The van der Waals surface area contributed by atoms with E-state index in [4.69, 9.17) is 0 Å². The molecule has 0 radical (unpaired) electrons. The van der Waals surface area contributed by atoms with Gasteiger partial charge in [-0.05, 0) is 81.0 Å². The highest BCUT2D eigenvalue weighted by atomic mass is 16.4. The van der Waals surface area contributed by atoms with Crippen molar-refractivity contribution in [3.8, 4) is 0 Å². The number of hydrogen-bond acceptors (Lipinski definition) is 1. The van der Waals surface area contributed by atoms with Gasteiger partial charge < -0.3 is 5.11 Å². The van der Waals surface area contributed by atoms with Crippen molar-refractivity contribution in [2.75, 3.05) is 0 Å². The molecule has 0 spiro atoms. The monoisotopic (exact) mass is 545 g/mol. The standard InChI is InChI=1S/C37H68O2/c1-3-5-7-9-11-12-13-19-25-35(33-23-17-15-18-24-33)29-31-36(32-30-35,26-20-14-10-8-6-4-2)37(34(38)39)27-21-16-22-28-37/h33H,3-32H2,1-2H3,(H,38,39). The molecule has 0 aliphatic heterocycles. The molecule has 3 aliphatic carbocycles. The van der Waals surface area contributed by atoms with Gasteiger partial charge >= 0.3 is 5.97 Å². The molecule has 228 valence electrons. The maximum Gasteiger partial charge on any atom is 0.310 e. The Labute approximate surface area is 244 Å². The second-order valence-electron chi connectivity index (χ2n) is 14.7. The molecule has 0 heterocycles. The lowest BCUT2D eigenvalue weighted by Gasteiger charge is -2.58. The molecule has 3 aliphatic rings. The Morgan fingerprint density at radius 2 is 1.03 bits per heavy atom. The molecule has 0 unspecified atom stereocenters. The third-order valence-electron chi connectivity index (χ3n) is 12.3. The molecule has 0 aromatic rings. The van der Waals surface area contributed by atoms with Crippen LogP contribution < -0.4 is 0 Å². The predicted molar refractivity (Wildman–Crippen MR) is 168 cm³/mol. The molecule has 39 heavy (non-hydrogen) atoms. The van der Waals surface area contributed by atoms with Gasteiger partial charge in [-0.15, -0.1) is 0 Å². The molecule has 3 rings (SSSR count). The number of unbranched alkanes of at least 4 members (excludes halogenated alkanes) is 12. The van der Waals surface area contributed by atoms with Gasteiger partial charge in [-0.25, -0.2) is 0 Å². The van der Waals surface area contributed by atoms with E-state index < -0.39 is 11.4 Å². The maximum atomic E-state index is 13.2. The van der Waals surface area contributed by atoms with E-state index in [1.54, 1.807) is 0 Å². The zero-order valence-electron chi connectivity index (χ0n) is 26.6. The SMILES string of the molecule is CCCCCCCCCCC1(C2CCCCC2)CCC(CCCCCCCC)(C2(C(=O)O)CCCCC2)CC1. The first-order chi connectivity index (χ1) is 19.0. The van der Waals surface area contributed by atoms with Crippen LogP contribution in [0.2, 0.25) is 0 Å². The smallest absolute Gasteiger partial charge is 0.310 e. The minimum absolute atomic E-state index is 0.0570. The molecule has 3 saturated carbocycles. The summed E-state index contributed by atoms with van der Waals surface area (Å²) in [6, 6.07) is 0. The van der Waals surface area contributed by atoms with Gasteiger partial charge in [-0.1, -0.05) is 142 Å². The summed E-state index contributed by atoms with van der Waals surface area (Å²) in [4.78, 5) is 13.2. The fourth-order valence-corrected chi connectivity index (χ4v) is 9.75. The van der Waals surface area contributed by atoms with Crippen LogP contribution in [0.1, 0.15) is 206 Å². The molecular formula is C37H68O2. The fraction of sp³-hybridized carbons (Fsp3) is 0.973. The average Bonchev–Trinajstić information content (AvgIpc) is 2.98. The number of rotatable bonds is 19. The summed E-state index contributed by atoms with van der Waals surface area (Å²) >= 11 is 0. The lowest BCUT2D eigenvalue weighted by Crippen LogP contribution is -2.53. The third-order valence-corrected chi connectivity index (χ3v) is 12.3. The normalized spacial score (nSPS) is 27.9. The van der Waals surface area contributed by atoms with Crippen LogP contribution in [0.4, 0.5) is 0 Å². The van der Waals surface area contributed by atoms with Gasteiger partial charge in [0.25, 0.3) is 0 Å². The zero-order valence-corrected chi connectivity index (χ0v) is 26.6. The predicted octanol–water partition coefficient (Wildman–Crippen LogP) is 12.4. The Morgan fingerprint density at radius 3 is 1.54 bits per heavy atom. The van der Waals surface area contributed by atoms with Crippen molar-refractivity contribution in [1.29, 1.82) is 0 Å². The first-order valence-electron chi connectivity index (χ1n) is 18.3. The summed E-state index contributed by atoms with van der Waals surface area (Å²) in [6.45, 7) is 4.60. The van der Waals surface area contributed by atoms with E-state index in [2.05, 4.69) is 13.8 Å².